The number of aromatic hydroxyl groups is 3. The van der Waals surface area contributed by atoms with Crippen molar-refractivity contribution >= 4 is 6.29 Å². The van der Waals surface area contributed by atoms with E-state index in [-0.39, 0.29) is 5.56 Å². The van der Waals surface area contributed by atoms with Gasteiger partial charge in [0.15, 0.2) is 11.5 Å². The van der Waals surface area contributed by atoms with Crippen molar-refractivity contribution in [2.45, 2.75) is 19.3 Å². The number of rotatable bonds is 2. The van der Waals surface area contributed by atoms with Crippen LogP contribution in [-0.4, -0.2) is 21.6 Å². The Morgan fingerprint density at radius 3 is 2.21 bits per heavy atom. The minimum Gasteiger partial charge on any atom is -0.504 e. The summed E-state index contributed by atoms with van der Waals surface area (Å²) in [6.45, 7) is 3.21. The Balaban J connectivity index is 3.38. The highest BCUT2D eigenvalue weighted by atomic mass is 16.3. The first kappa shape index (κ1) is 10.4. The Hall–Kier alpha value is -1.71. The van der Waals surface area contributed by atoms with Crippen LogP contribution in [0.3, 0.4) is 0 Å². The molecule has 0 amide bonds. The fourth-order valence-corrected chi connectivity index (χ4v) is 1.15. The van der Waals surface area contributed by atoms with Gasteiger partial charge < -0.3 is 20.1 Å². The van der Waals surface area contributed by atoms with Crippen molar-refractivity contribution in [3.63, 3.8) is 0 Å². The molecule has 4 heteroatoms. The molecule has 76 valence electrons. The van der Waals surface area contributed by atoms with Gasteiger partial charge in [0, 0.05) is 11.0 Å². The smallest absolute Gasteiger partial charge is 0.200 e. The molecule has 4 nitrogen and oxygen atoms in total. The summed E-state index contributed by atoms with van der Waals surface area (Å²) in [5.41, 5.74) is -0.613. The zero-order valence-electron chi connectivity index (χ0n) is 7.98. The highest BCUT2D eigenvalue weighted by molar-refractivity contribution is 5.71. The molecular formula is C10H12O4. The van der Waals surface area contributed by atoms with Crippen LogP contribution >= 0.6 is 0 Å². The minimum absolute atomic E-state index is 0.280. The van der Waals surface area contributed by atoms with E-state index in [1.807, 2.05) is 0 Å². The van der Waals surface area contributed by atoms with Crippen LogP contribution in [0.25, 0.3) is 0 Å². The third-order valence-corrected chi connectivity index (χ3v) is 2.12. The van der Waals surface area contributed by atoms with E-state index in [2.05, 4.69) is 0 Å². The first-order valence-electron chi connectivity index (χ1n) is 4.11. The molecule has 0 aromatic heterocycles. The summed E-state index contributed by atoms with van der Waals surface area (Å²) in [7, 11) is 0. The van der Waals surface area contributed by atoms with Gasteiger partial charge in [-0.15, -0.1) is 0 Å². The van der Waals surface area contributed by atoms with E-state index >= 15 is 0 Å². The maximum absolute atomic E-state index is 10.7. The quantitative estimate of drug-likeness (QED) is 0.492. The van der Waals surface area contributed by atoms with Crippen molar-refractivity contribution < 1.29 is 20.1 Å². The van der Waals surface area contributed by atoms with Gasteiger partial charge in [0.25, 0.3) is 0 Å². The van der Waals surface area contributed by atoms with Gasteiger partial charge in [-0.3, -0.25) is 0 Å². The molecule has 0 bridgehead atoms. The lowest BCUT2D eigenvalue weighted by Crippen LogP contribution is -2.18. The maximum atomic E-state index is 10.7. The van der Waals surface area contributed by atoms with Crippen molar-refractivity contribution in [2.24, 2.45) is 0 Å². The largest absolute Gasteiger partial charge is 0.504 e. The van der Waals surface area contributed by atoms with Gasteiger partial charge in [0.05, 0.1) is 0 Å². The number of hydrogen-bond donors (Lipinski definition) is 3. The molecule has 0 heterocycles. The number of hydrogen-bond acceptors (Lipinski definition) is 4. The van der Waals surface area contributed by atoms with E-state index in [1.54, 1.807) is 13.8 Å². The van der Waals surface area contributed by atoms with Gasteiger partial charge in [-0.1, -0.05) is 6.07 Å². The molecule has 0 radical (unpaired) electrons. The van der Waals surface area contributed by atoms with Crippen LogP contribution in [0, 0.1) is 0 Å². The molecule has 1 aromatic rings. The second-order valence-corrected chi connectivity index (χ2v) is 3.67. The third-order valence-electron chi connectivity index (χ3n) is 2.12. The van der Waals surface area contributed by atoms with Crippen molar-refractivity contribution in [3.8, 4) is 17.2 Å². The first-order valence-corrected chi connectivity index (χ1v) is 4.11. The summed E-state index contributed by atoms with van der Waals surface area (Å²) in [5, 5.41) is 27.8. The van der Waals surface area contributed by atoms with Crippen molar-refractivity contribution in [1.82, 2.24) is 0 Å². The lowest BCUT2D eigenvalue weighted by molar-refractivity contribution is -0.111. The molecule has 1 rings (SSSR count). The molecule has 0 fully saturated rings. The van der Waals surface area contributed by atoms with Crippen molar-refractivity contribution in [1.29, 1.82) is 0 Å². The number of carbonyl (C=O) groups is 1. The minimum atomic E-state index is -0.894. The van der Waals surface area contributed by atoms with Crippen LogP contribution < -0.4 is 0 Å². The van der Waals surface area contributed by atoms with Crippen molar-refractivity contribution in [3.05, 3.63) is 17.7 Å². The first-order chi connectivity index (χ1) is 6.40. The van der Waals surface area contributed by atoms with Gasteiger partial charge >= 0.3 is 0 Å². The second kappa shape index (κ2) is 3.21. The molecule has 14 heavy (non-hydrogen) atoms. The summed E-state index contributed by atoms with van der Waals surface area (Å²) in [5.74, 6) is -1.47. The van der Waals surface area contributed by atoms with Crippen LogP contribution in [0.4, 0.5) is 0 Å². The molecule has 0 aliphatic heterocycles. The van der Waals surface area contributed by atoms with Gasteiger partial charge in [0.2, 0.25) is 5.75 Å². The molecule has 0 saturated heterocycles. The Labute approximate surface area is 81.4 Å². The number of aldehydes is 1. The molecule has 3 N–H and O–H groups in total. The van der Waals surface area contributed by atoms with E-state index in [9.17, 15) is 15.0 Å². The van der Waals surface area contributed by atoms with E-state index in [0.29, 0.717) is 6.29 Å². The van der Waals surface area contributed by atoms with E-state index in [1.165, 1.54) is 12.1 Å². The zero-order valence-corrected chi connectivity index (χ0v) is 7.98. The van der Waals surface area contributed by atoms with Crippen LogP contribution in [-0.2, 0) is 10.2 Å². The predicted octanol–water partition coefficient (Wildman–Crippen LogP) is 1.28. The van der Waals surface area contributed by atoms with Crippen LogP contribution in [0.1, 0.15) is 19.4 Å². The summed E-state index contributed by atoms with van der Waals surface area (Å²) in [6, 6.07) is 2.63. The van der Waals surface area contributed by atoms with E-state index in [4.69, 9.17) is 5.11 Å². The molecule has 0 spiro atoms. The monoisotopic (exact) mass is 196 g/mol. The summed E-state index contributed by atoms with van der Waals surface area (Å²) >= 11 is 0. The molecule has 0 aliphatic rings. The van der Waals surface area contributed by atoms with Gasteiger partial charge in [-0.05, 0) is 19.9 Å². The third kappa shape index (κ3) is 1.51. The van der Waals surface area contributed by atoms with Gasteiger partial charge in [-0.25, -0.2) is 0 Å². The van der Waals surface area contributed by atoms with E-state index in [0.717, 1.165) is 0 Å². The SMILES string of the molecule is CC(C)(C=O)c1ccc(O)c(O)c1O. The fourth-order valence-electron chi connectivity index (χ4n) is 1.15. The fraction of sp³-hybridized carbons (Fsp3) is 0.300. The Bertz CT molecular complexity index is 369. The lowest BCUT2D eigenvalue weighted by atomic mass is 9.85. The highest BCUT2D eigenvalue weighted by Gasteiger charge is 2.25. The molecule has 0 unspecified atom stereocenters. The predicted molar refractivity (Wildman–Crippen MR) is 50.5 cm³/mol. The normalized spacial score (nSPS) is 11.3. The number of benzene rings is 1. The second-order valence-electron chi connectivity index (χ2n) is 3.67. The molecule has 0 aliphatic carbocycles. The van der Waals surface area contributed by atoms with Crippen LogP contribution in [0.5, 0.6) is 17.2 Å². The summed E-state index contributed by atoms with van der Waals surface area (Å²) in [4.78, 5) is 10.7. The molecular weight excluding hydrogens is 184 g/mol. The Kier molecular flexibility index (Phi) is 2.38. The molecule has 1 aromatic carbocycles. The van der Waals surface area contributed by atoms with E-state index < -0.39 is 22.7 Å². The molecule has 0 atom stereocenters. The summed E-state index contributed by atoms with van der Waals surface area (Å²) in [6.07, 6.45) is 0.665. The van der Waals surface area contributed by atoms with Gasteiger partial charge in [0.1, 0.15) is 6.29 Å². The zero-order chi connectivity index (χ0) is 10.9. The number of phenols is 3. The Morgan fingerprint density at radius 1 is 1.14 bits per heavy atom. The van der Waals surface area contributed by atoms with Crippen LogP contribution in [0.2, 0.25) is 0 Å². The van der Waals surface area contributed by atoms with Crippen molar-refractivity contribution in [2.75, 3.05) is 0 Å². The molecule has 0 saturated carbocycles. The average molecular weight is 196 g/mol. The average Bonchev–Trinajstić information content (AvgIpc) is 2.14. The lowest BCUT2D eigenvalue weighted by Gasteiger charge is -2.19. The number of phenolic OH excluding ortho intramolecular Hbond substituents is 3. The Morgan fingerprint density at radius 2 is 1.71 bits per heavy atom. The topological polar surface area (TPSA) is 77.8 Å². The van der Waals surface area contributed by atoms with Gasteiger partial charge in [-0.2, -0.15) is 0 Å². The highest BCUT2D eigenvalue weighted by Crippen LogP contribution is 2.41. The summed E-state index contributed by atoms with van der Waals surface area (Å²) < 4.78 is 0. The maximum Gasteiger partial charge on any atom is 0.200 e. The van der Waals surface area contributed by atoms with Crippen LogP contribution in [0.15, 0.2) is 12.1 Å². The number of carbonyl (C=O) groups excluding carboxylic acids is 1. The standard InChI is InChI=1S/C10H12O4/c1-10(2,5-11)6-3-4-7(12)9(14)8(6)13/h3-5,12-14H,1-2H3.